The third kappa shape index (κ3) is 2.83. The molecule has 1 saturated heterocycles. The van der Waals surface area contributed by atoms with Crippen LogP contribution in [0.5, 0.6) is 0 Å². The zero-order chi connectivity index (χ0) is 14.0. The lowest BCUT2D eigenvalue weighted by molar-refractivity contribution is 0.340. The van der Waals surface area contributed by atoms with Crippen molar-refractivity contribution < 1.29 is 8.42 Å². The highest BCUT2D eigenvalue weighted by Crippen LogP contribution is 2.28. The standard InChI is InChI=1S/C10H17N5O2S2/c1-7-8(2)18-4-3-15(7)19(16,17)9-5-12-10(14-11)13-6-9/h5-8H,3-4,11H2,1-2H3,(H,12,13,14). The highest BCUT2D eigenvalue weighted by Gasteiger charge is 2.35. The second-order valence-electron chi connectivity index (χ2n) is 4.32. The maximum absolute atomic E-state index is 12.5. The van der Waals surface area contributed by atoms with E-state index in [-0.39, 0.29) is 22.1 Å². The van der Waals surface area contributed by atoms with Crippen LogP contribution >= 0.6 is 11.8 Å². The summed E-state index contributed by atoms with van der Waals surface area (Å²) in [6.07, 6.45) is 2.55. The van der Waals surface area contributed by atoms with Crippen molar-refractivity contribution in [1.82, 2.24) is 14.3 Å². The number of hydrogen-bond donors (Lipinski definition) is 2. The SMILES string of the molecule is CC1SCCN(S(=O)(=O)c2cnc(NN)nc2)C1C. The summed E-state index contributed by atoms with van der Waals surface area (Å²) in [4.78, 5) is 7.78. The van der Waals surface area contributed by atoms with Gasteiger partial charge in [-0.05, 0) is 6.92 Å². The molecule has 1 fully saturated rings. The first-order valence-corrected chi connectivity index (χ1v) is 8.38. The minimum Gasteiger partial charge on any atom is -0.292 e. The van der Waals surface area contributed by atoms with Crippen LogP contribution in [0.1, 0.15) is 13.8 Å². The Hall–Kier alpha value is -0.900. The molecule has 3 N–H and O–H groups in total. The summed E-state index contributed by atoms with van der Waals surface area (Å²) in [6.45, 7) is 4.47. The molecule has 1 aliphatic rings. The molecule has 2 rings (SSSR count). The van der Waals surface area contributed by atoms with Gasteiger partial charge in [-0.3, -0.25) is 5.43 Å². The Balaban J connectivity index is 2.30. The minimum atomic E-state index is -3.54. The smallest absolute Gasteiger partial charge is 0.246 e. The number of hydrogen-bond acceptors (Lipinski definition) is 7. The molecule has 2 heterocycles. The Morgan fingerprint density at radius 2 is 2.05 bits per heavy atom. The molecular formula is C10H17N5O2S2. The predicted molar refractivity (Wildman–Crippen MR) is 75.1 cm³/mol. The van der Waals surface area contributed by atoms with E-state index in [1.54, 1.807) is 11.8 Å². The van der Waals surface area contributed by atoms with Crippen molar-refractivity contribution in [3.63, 3.8) is 0 Å². The molecule has 0 amide bonds. The fourth-order valence-corrected chi connectivity index (χ4v) is 4.79. The molecular weight excluding hydrogens is 286 g/mol. The number of anilines is 1. The van der Waals surface area contributed by atoms with Crippen LogP contribution in [0.15, 0.2) is 17.3 Å². The predicted octanol–water partition coefficient (Wildman–Crippen LogP) is 0.277. The highest BCUT2D eigenvalue weighted by atomic mass is 32.2. The van der Waals surface area contributed by atoms with Gasteiger partial charge in [0.25, 0.3) is 0 Å². The van der Waals surface area contributed by atoms with E-state index in [4.69, 9.17) is 5.84 Å². The maximum atomic E-state index is 12.5. The molecule has 0 saturated carbocycles. The number of rotatable bonds is 3. The van der Waals surface area contributed by atoms with Crippen molar-refractivity contribution in [2.45, 2.75) is 30.0 Å². The molecule has 106 valence electrons. The van der Waals surface area contributed by atoms with Crippen molar-refractivity contribution >= 4 is 27.7 Å². The Labute approximate surface area is 117 Å². The van der Waals surface area contributed by atoms with Gasteiger partial charge in [0.1, 0.15) is 4.90 Å². The first-order chi connectivity index (χ1) is 8.96. The number of nitrogens with one attached hydrogen (secondary N) is 1. The van der Waals surface area contributed by atoms with Crippen molar-refractivity contribution in [2.75, 3.05) is 17.7 Å². The quantitative estimate of drug-likeness (QED) is 0.610. The van der Waals surface area contributed by atoms with E-state index in [2.05, 4.69) is 15.4 Å². The Kier molecular flexibility index (Phi) is 4.29. The zero-order valence-electron chi connectivity index (χ0n) is 10.8. The van der Waals surface area contributed by atoms with Crippen LogP contribution in [0.25, 0.3) is 0 Å². The van der Waals surface area contributed by atoms with E-state index in [1.807, 2.05) is 13.8 Å². The topological polar surface area (TPSA) is 101 Å². The molecule has 0 bridgehead atoms. The maximum Gasteiger partial charge on any atom is 0.246 e. The first-order valence-electron chi connectivity index (χ1n) is 5.89. The van der Waals surface area contributed by atoms with E-state index in [0.29, 0.717) is 6.54 Å². The lowest BCUT2D eigenvalue weighted by atomic mass is 10.2. The van der Waals surface area contributed by atoms with Gasteiger partial charge in [-0.1, -0.05) is 6.92 Å². The number of nitrogens with two attached hydrogens (primary N) is 1. The molecule has 0 spiro atoms. The van der Waals surface area contributed by atoms with E-state index >= 15 is 0 Å². The Morgan fingerprint density at radius 3 is 2.63 bits per heavy atom. The number of aromatic nitrogens is 2. The van der Waals surface area contributed by atoms with Crippen LogP contribution in [0, 0.1) is 0 Å². The van der Waals surface area contributed by atoms with E-state index in [1.165, 1.54) is 16.7 Å². The third-order valence-corrected chi connectivity index (χ3v) is 6.47. The molecule has 0 aliphatic carbocycles. The molecule has 1 aromatic rings. The van der Waals surface area contributed by atoms with Crippen LogP contribution < -0.4 is 11.3 Å². The van der Waals surface area contributed by atoms with Crippen LogP contribution in [0.4, 0.5) is 5.95 Å². The third-order valence-electron chi connectivity index (χ3n) is 3.19. The van der Waals surface area contributed by atoms with Crippen LogP contribution in [0.3, 0.4) is 0 Å². The Morgan fingerprint density at radius 1 is 1.42 bits per heavy atom. The molecule has 9 heteroatoms. The number of nitrogens with zero attached hydrogens (tertiary/aromatic N) is 3. The monoisotopic (exact) mass is 303 g/mol. The second kappa shape index (κ2) is 5.61. The zero-order valence-corrected chi connectivity index (χ0v) is 12.4. The summed E-state index contributed by atoms with van der Waals surface area (Å²) in [6, 6.07) is -0.0453. The molecule has 19 heavy (non-hydrogen) atoms. The summed E-state index contributed by atoms with van der Waals surface area (Å²) >= 11 is 1.78. The Bertz CT molecular complexity index is 533. The van der Waals surface area contributed by atoms with Crippen molar-refractivity contribution in [1.29, 1.82) is 0 Å². The largest absolute Gasteiger partial charge is 0.292 e. The van der Waals surface area contributed by atoms with E-state index in [9.17, 15) is 8.42 Å². The molecule has 1 aromatic heterocycles. The van der Waals surface area contributed by atoms with E-state index < -0.39 is 10.0 Å². The van der Waals surface area contributed by atoms with Gasteiger partial charge in [0.2, 0.25) is 16.0 Å². The second-order valence-corrected chi connectivity index (χ2v) is 7.69. The van der Waals surface area contributed by atoms with Gasteiger partial charge in [0.05, 0.1) is 12.4 Å². The van der Waals surface area contributed by atoms with Gasteiger partial charge in [0, 0.05) is 23.6 Å². The van der Waals surface area contributed by atoms with E-state index in [0.717, 1.165) is 5.75 Å². The number of nitrogen functional groups attached to an aromatic ring is 1. The number of thioether (sulfide) groups is 1. The van der Waals surface area contributed by atoms with Gasteiger partial charge >= 0.3 is 0 Å². The van der Waals surface area contributed by atoms with Crippen molar-refractivity contribution in [3.8, 4) is 0 Å². The highest BCUT2D eigenvalue weighted by molar-refractivity contribution is 8.00. The summed E-state index contributed by atoms with van der Waals surface area (Å²) in [5, 5.41) is 0.273. The van der Waals surface area contributed by atoms with Crippen LogP contribution in [-0.2, 0) is 10.0 Å². The lowest BCUT2D eigenvalue weighted by Gasteiger charge is -2.36. The van der Waals surface area contributed by atoms with Crippen LogP contribution in [0.2, 0.25) is 0 Å². The van der Waals surface area contributed by atoms with Gasteiger partial charge in [-0.15, -0.1) is 0 Å². The normalized spacial score (nSPS) is 25.2. The molecule has 2 unspecified atom stereocenters. The lowest BCUT2D eigenvalue weighted by Crippen LogP contribution is -2.47. The fraction of sp³-hybridized carbons (Fsp3) is 0.600. The average molecular weight is 303 g/mol. The molecule has 0 radical (unpaired) electrons. The summed E-state index contributed by atoms with van der Waals surface area (Å²) in [5.41, 5.74) is 2.27. The minimum absolute atomic E-state index is 0.0453. The van der Waals surface area contributed by atoms with Crippen molar-refractivity contribution in [2.24, 2.45) is 5.84 Å². The molecule has 2 atom stereocenters. The first kappa shape index (κ1) is 14.5. The number of hydrazine groups is 1. The summed E-state index contributed by atoms with van der Waals surface area (Å²) in [7, 11) is -3.54. The number of sulfonamides is 1. The van der Waals surface area contributed by atoms with Gasteiger partial charge < -0.3 is 0 Å². The van der Waals surface area contributed by atoms with Crippen LogP contribution in [-0.4, -0.2) is 46.3 Å². The van der Waals surface area contributed by atoms with Crippen molar-refractivity contribution in [3.05, 3.63) is 12.4 Å². The van der Waals surface area contributed by atoms with Gasteiger partial charge in [0.15, 0.2) is 0 Å². The molecule has 7 nitrogen and oxygen atoms in total. The molecule has 0 aromatic carbocycles. The fourth-order valence-electron chi connectivity index (χ4n) is 1.90. The summed E-state index contributed by atoms with van der Waals surface area (Å²) < 4.78 is 26.6. The van der Waals surface area contributed by atoms with Gasteiger partial charge in [-0.25, -0.2) is 24.2 Å². The average Bonchev–Trinajstić information content (AvgIpc) is 2.41. The molecule has 1 aliphatic heterocycles. The van der Waals surface area contributed by atoms with Gasteiger partial charge in [-0.2, -0.15) is 16.1 Å². The summed E-state index contributed by atoms with van der Waals surface area (Å²) in [5.74, 6) is 6.14.